The highest BCUT2D eigenvalue weighted by molar-refractivity contribution is 9.10. The molecule has 1 N–H and O–H groups in total. The second-order valence-corrected chi connectivity index (χ2v) is 7.25. The van der Waals surface area contributed by atoms with Crippen molar-refractivity contribution in [2.45, 2.75) is 6.04 Å². The molecule has 2 heterocycles. The molecule has 7 heteroatoms. The van der Waals surface area contributed by atoms with Crippen LogP contribution in [0.25, 0.3) is 0 Å². The van der Waals surface area contributed by atoms with E-state index in [0.717, 1.165) is 18.8 Å². The third-order valence-corrected chi connectivity index (χ3v) is 4.96. The van der Waals surface area contributed by atoms with Crippen molar-refractivity contribution in [2.75, 3.05) is 51.8 Å². The van der Waals surface area contributed by atoms with E-state index in [4.69, 9.17) is 9.15 Å². The molecule has 1 fully saturated rings. The van der Waals surface area contributed by atoms with Gasteiger partial charge in [0.1, 0.15) is 0 Å². The molecule has 1 amide bonds. The van der Waals surface area contributed by atoms with E-state index in [1.54, 1.807) is 12.1 Å². The number of benzene rings is 1. The van der Waals surface area contributed by atoms with Crippen LogP contribution in [0.15, 0.2) is 45.5 Å². The molecule has 1 atom stereocenters. The molecule has 0 radical (unpaired) electrons. The van der Waals surface area contributed by atoms with E-state index in [1.165, 1.54) is 5.56 Å². The van der Waals surface area contributed by atoms with Gasteiger partial charge in [-0.15, -0.1) is 0 Å². The van der Waals surface area contributed by atoms with E-state index >= 15 is 0 Å². The second-order valence-electron chi connectivity index (χ2n) is 6.46. The van der Waals surface area contributed by atoms with Crippen molar-refractivity contribution in [3.05, 3.63) is 52.4 Å². The number of ether oxygens (including phenoxy) is 1. The first-order chi connectivity index (χ1) is 12.5. The number of morpholine rings is 1. The summed E-state index contributed by atoms with van der Waals surface area (Å²) in [7, 11) is 4.05. The minimum absolute atomic E-state index is 0.0949. The average molecular weight is 422 g/mol. The quantitative estimate of drug-likeness (QED) is 0.776. The van der Waals surface area contributed by atoms with Gasteiger partial charge in [-0.05, 0) is 45.8 Å². The zero-order valence-electron chi connectivity index (χ0n) is 15.1. The number of rotatable bonds is 6. The van der Waals surface area contributed by atoms with Crippen LogP contribution in [0.5, 0.6) is 0 Å². The summed E-state index contributed by atoms with van der Waals surface area (Å²) < 4.78 is 11.4. The van der Waals surface area contributed by atoms with Crippen LogP contribution in [0.1, 0.15) is 22.2 Å². The minimum Gasteiger partial charge on any atom is -0.444 e. The summed E-state index contributed by atoms with van der Waals surface area (Å²) in [6.45, 7) is 3.64. The van der Waals surface area contributed by atoms with E-state index in [0.29, 0.717) is 30.2 Å². The van der Waals surface area contributed by atoms with E-state index in [2.05, 4.69) is 55.3 Å². The largest absolute Gasteiger partial charge is 0.444 e. The van der Waals surface area contributed by atoms with Gasteiger partial charge in [0.15, 0.2) is 10.4 Å². The Bertz CT molecular complexity index is 724. The van der Waals surface area contributed by atoms with E-state index in [-0.39, 0.29) is 11.9 Å². The van der Waals surface area contributed by atoms with Gasteiger partial charge in [-0.3, -0.25) is 9.69 Å². The molecule has 0 unspecified atom stereocenters. The topological polar surface area (TPSA) is 58.0 Å². The van der Waals surface area contributed by atoms with Crippen LogP contribution >= 0.6 is 15.9 Å². The maximum Gasteiger partial charge on any atom is 0.287 e. The van der Waals surface area contributed by atoms with Gasteiger partial charge in [0.05, 0.1) is 19.3 Å². The Morgan fingerprint density at radius 2 is 1.88 bits per heavy atom. The van der Waals surface area contributed by atoms with Crippen LogP contribution in [-0.2, 0) is 4.74 Å². The first kappa shape index (κ1) is 18.9. The number of nitrogens with zero attached hydrogens (tertiary/aromatic N) is 2. The van der Waals surface area contributed by atoms with Gasteiger partial charge in [-0.1, -0.05) is 12.1 Å². The van der Waals surface area contributed by atoms with E-state index in [9.17, 15) is 4.79 Å². The molecule has 2 aromatic rings. The highest BCUT2D eigenvalue weighted by Crippen LogP contribution is 2.24. The molecule has 3 rings (SSSR count). The molecule has 1 aliphatic rings. The number of amides is 1. The zero-order chi connectivity index (χ0) is 18.5. The first-order valence-corrected chi connectivity index (χ1v) is 9.46. The Morgan fingerprint density at radius 3 is 2.46 bits per heavy atom. The molecular formula is C19H24BrN3O3. The maximum absolute atomic E-state index is 12.3. The molecule has 1 aromatic carbocycles. The fraction of sp³-hybridized carbons (Fsp3) is 0.421. The van der Waals surface area contributed by atoms with Crippen molar-refractivity contribution in [3.8, 4) is 0 Å². The van der Waals surface area contributed by atoms with Gasteiger partial charge in [0, 0.05) is 39.4 Å². The third kappa shape index (κ3) is 4.66. The average Bonchev–Trinajstić information content (AvgIpc) is 3.09. The number of carbonyl (C=O) groups excluding carboxylic acids is 1. The van der Waals surface area contributed by atoms with Crippen molar-refractivity contribution in [1.82, 2.24) is 10.2 Å². The number of halogens is 1. The van der Waals surface area contributed by atoms with E-state index in [1.807, 2.05) is 14.1 Å². The molecule has 26 heavy (non-hydrogen) atoms. The van der Waals surface area contributed by atoms with Crippen molar-refractivity contribution in [2.24, 2.45) is 0 Å². The van der Waals surface area contributed by atoms with Crippen LogP contribution < -0.4 is 10.2 Å². The summed E-state index contributed by atoms with van der Waals surface area (Å²) in [4.78, 5) is 16.8. The monoisotopic (exact) mass is 421 g/mol. The predicted octanol–water partition coefficient (Wildman–Crippen LogP) is 2.91. The van der Waals surface area contributed by atoms with Crippen LogP contribution in [0, 0.1) is 0 Å². The number of carbonyl (C=O) groups is 1. The lowest BCUT2D eigenvalue weighted by atomic mass is 10.0. The molecule has 0 aliphatic carbocycles. The summed E-state index contributed by atoms with van der Waals surface area (Å²) >= 11 is 3.23. The molecule has 1 aliphatic heterocycles. The van der Waals surface area contributed by atoms with Crippen LogP contribution in [0.3, 0.4) is 0 Å². The van der Waals surface area contributed by atoms with Crippen molar-refractivity contribution in [3.63, 3.8) is 0 Å². The SMILES string of the molecule is CN(C)c1ccc([C@H](CNC(=O)c2ccc(Br)o2)N2CCOCC2)cc1. The Labute approximate surface area is 162 Å². The third-order valence-electron chi connectivity index (χ3n) is 4.53. The Hall–Kier alpha value is -1.83. The first-order valence-electron chi connectivity index (χ1n) is 8.67. The van der Waals surface area contributed by atoms with Crippen LogP contribution in [0.2, 0.25) is 0 Å². The fourth-order valence-electron chi connectivity index (χ4n) is 3.05. The van der Waals surface area contributed by atoms with Crippen molar-refractivity contribution in [1.29, 1.82) is 0 Å². The fourth-order valence-corrected chi connectivity index (χ4v) is 3.36. The molecule has 0 spiro atoms. The summed E-state index contributed by atoms with van der Waals surface area (Å²) in [5, 5.41) is 3.00. The molecule has 1 saturated heterocycles. The maximum atomic E-state index is 12.3. The van der Waals surface area contributed by atoms with Gasteiger partial charge in [0.25, 0.3) is 5.91 Å². The molecule has 0 saturated carbocycles. The van der Waals surface area contributed by atoms with Gasteiger partial charge in [0.2, 0.25) is 0 Å². The Balaban J connectivity index is 1.73. The molecule has 140 valence electrons. The number of hydrogen-bond donors (Lipinski definition) is 1. The van der Waals surface area contributed by atoms with E-state index < -0.39 is 0 Å². The number of furan rings is 1. The van der Waals surface area contributed by atoms with Crippen molar-refractivity contribution >= 4 is 27.5 Å². The summed E-state index contributed by atoms with van der Waals surface area (Å²) in [6.07, 6.45) is 0. The highest BCUT2D eigenvalue weighted by atomic mass is 79.9. The molecule has 6 nitrogen and oxygen atoms in total. The second kappa shape index (κ2) is 8.70. The smallest absolute Gasteiger partial charge is 0.287 e. The molecule has 1 aromatic heterocycles. The van der Waals surface area contributed by atoms with Gasteiger partial charge in [-0.2, -0.15) is 0 Å². The van der Waals surface area contributed by atoms with Crippen LogP contribution in [-0.4, -0.2) is 57.8 Å². The lowest BCUT2D eigenvalue weighted by Gasteiger charge is -2.35. The van der Waals surface area contributed by atoms with Crippen LogP contribution in [0.4, 0.5) is 5.69 Å². The molecule has 0 bridgehead atoms. The summed E-state index contributed by atoms with van der Waals surface area (Å²) in [5.74, 6) is 0.0967. The standard InChI is InChI=1S/C19H24BrN3O3/c1-22(2)15-5-3-14(4-6-15)16(23-9-11-25-12-10-23)13-21-19(24)17-7-8-18(20)26-17/h3-8,16H,9-13H2,1-2H3,(H,21,24)/t16-/m0/s1. The summed E-state index contributed by atoms with van der Waals surface area (Å²) in [6, 6.07) is 11.9. The lowest BCUT2D eigenvalue weighted by Crippen LogP contribution is -2.43. The number of nitrogens with one attached hydrogen (secondary N) is 1. The molecular weight excluding hydrogens is 398 g/mol. The Morgan fingerprint density at radius 1 is 1.19 bits per heavy atom. The summed E-state index contributed by atoms with van der Waals surface area (Å²) in [5.41, 5.74) is 2.33. The minimum atomic E-state index is -0.209. The van der Waals surface area contributed by atoms with Gasteiger partial charge < -0.3 is 19.4 Å². The number of hydrogen-bond acceptors (Lipinski definition) is 5. The van der Waals surface area contributed by atoms with Crippen molar-refractivity contribution < 1.29 is 13.9 Å². The number of anilines is 1. The van der Waals surface area contributed by atoms with Gasteiger partial charge >= 0.3 is 0 Å². The van der Waals surface area contributed by atoms with Gasteiger partial charge in [-0.25, -0.2) is 0 Å². The normalized spacial score (nSPS) is 16.3. The Kier molecular flexibility index (Phi) is 6.34. The highest BCUT2D eigenvalue weighted by Gasteiger charge is 2.24. The lowest BCUT2D eigenvalue weighted by molar-refractivity contribution is 0.0161. The zero-order valence-corrected chi connectivity index (χ0v) is 16.7. The predicted molar refractivity (Wildman–Crippen MR) is 105 cm³/mol.